The van der Waals surface area contributed by atoms with Crippen LogP contribution in [0, 0.1) is 0 Å². The lowest BCUT2D eigenvalue weighted by molar-refractivity contribution is -0.138. The predicted octanol–water partition coefficient (Wildman–Crippen LogP) is -1.92. The fraction of sp³-hybridized carbons (Fsp3) is 0.500. The summed E-state index contributed by atoms with van der Waals surface area (Å²) < 4.78 is 1.26. The second-order valence-electron chi connectivity index (χ2n) is 1.98. The molecule has 0 fully saturated rings. The number of aromatic nitrogens is 4. The summed E-state index contributed by atoms with van der Waals surface area (Å²) in [5.74, 6) is -1.07. The molecule has 1 aromatic heterocycles. The Balaban J connectivity index is 2.50. The molecule has 60 valence electrons. The van der Waals surface area contributed by atoms with E-state index in [-0.39, 0.29) is 6.54 Å². The van der Waals surface area contributed by atoms with Crippen molar-refractivity contribution < 1.29 is 9.90 Å². The van der Waals surface area contributed by atoms with Crippen LogP contribution in [0.25, 0.3) is 0 Å². The predicted molar refractivity (Wildman–Crippen MR) is 33.4 cm³/mol. The normalized spacial score (nSPS) is 12.8. The number of nitrogens with two attached hydrogens (primary N) is 1. The second-order valence-corrected chi connectivity index (χ2v) is 1.98. The molecule has 11 heavy (non-hydrogen) atoms. The Kier molecular flexibility index (Phi) is 2.12. The lowest BCUT2D eigenvalue weighted by Gasteiger charge is -2.03. The van der Waals surface area contributed by atoms with Crippen molar-refractivity contribution in [3.63, 3.8) is 0 Å². The maximum absolute atomic E-state index is 10.2. The van der Waals surface area contributed by atoms with Gasteiger partial charge in [-0.15, -0.1) is 5.10 Å². The van der Waals surface area contributed by atoms with Crippen molar-refractivity contribution in [2.75, 3.05) is 0 Å². The van der Waals surface area contributed by atoms with Crippen LogP contribution < -0.4 is 5.73 Å². The van der Waals surface area contributed by atoms with Gasteiger partial charge >= 0.3 is 5.97 Å². The van der Waals surface area contributed by atoms with Gasteiger partial charge in [0.15, 0.2) is 0 Å². The molecule has 1 unspecified atom stereocenters. The lowest BCUT2D eigenvalue weighted by Crippen LogP contribution is -2.34. The molecule has 0 saturated carbocycles. The van der Waals surface area contributed by atoms with Crippen LogP contribution in [0.15, 0.2) is 6.33 Å². The van der Waals surface area contributed by atoms with Crippen molar-refractivity contribution in [3.05, 3.63) is 6.33 Å². The van der Waals surface area contributed by atoms with E-state index in [1.165, 1.54) is 11.0 Å². The van der Waals surface area contributed by atoms with Gasteiger partial charge in [0.25, 0.3) is 0 Å². The number of tetrazole rings is 1. The molecule has 7 nitrogen and oxygen atoms in total. The molecule has 3 N–H and O–H groups in total. The highest BCUT2D eigenvalue weighted by atomic mass is 16.4. The summed E-state index contributed by atoms with van der Waals surface area (Å²) >= 11 is 0. The van der Waals surface area contributed by atoms with Gasteiger partial charge in [0, 0.05) is 0 Å². The van der Waals surface area contributed by atoms with Crippen LogP contribution in [-0.2, 0) is 11.3 Å². The molecular formula is C4H7N5O2. The highest BCUT2D eigenvalue weighted by molar-refractivity contribution is 5.72. The van der Waals surface area contributed by atoms with Gasteiger partial charge in [0.05, 0.1) is 6.54 Å². The van der Waals surface area contributed by atoms with Crippen molar-refractivity contribution in [2.45, 2.75) is 12.6 Å². The van der Waals surface area contributed by atoms with E-state index in [4.69, 9.17) is 10.8 Å². The number of carboxylic acid groups (broad SMARTS) is 1. The molecule has 0 amide bonds. The van der Waals surface area contributed by atoms with Gasteiger partial charge < -0.3 is 10.8 Å². The summed E-state index contributed by atoms with van der Waals surface area (Å²) in [5.41, 5.74) is 5.19. The Morgan fingerprint density at radius 2 is 2.55 bits per heavy atom. The molecule has 1 rings (SSSR count). The first-order valence-corrected chi connectivity index (χ1v) is 2.89. The first-order valence-electron chi connectivity index (χ1n) is 2.89. The van der Waals surface area contributed by atoms with Crippen molar-refractivity contribution in [2.24, 2.45) is 5.73 Å². The van der Waals surface area contributed by atoms with E-state index in [0.29, 0.717) is 0 Å². The third-order valence-corrected chi connectivity index (χ3v) is 1.09. The molecular weight excluding hydrogens is 150 g/mol. The minimum absolute atomic E-state index is 0.0856. The maximum atomic E-state index is 10.2. The van der Waals surface area contributed by atoms with Crippen LogP contribution in [0.3, 0.4) is 0 Å². The number of hydrogen-bond donors (Lipinski definition) is 2. The number of rotatable bonds is 3. The molecule has 1 heterocycles. The zero-order valence-corrected chi connectivity index (χ0v) is 5.58. The Bertz CT molecular complexity index is 233. The van der Waals surface area contributed by atoms with Gasteiger partial charge in [-0.1, -0.05) is 0 Å². The summed E-state index contributed by atoms with van der Waals surface area (Å²) in [6.07, 6.45) is 1.31. The summed E-state index contributed by atoms with van der Waals surface area (Å²) in [5, 5.41) is 18.5. The van der Waals surface area contributed by atoms with Gasteiger partial charge in [-0.25, -0.2) is 4.68 Å². The molecule has 1 atom stereocenters. The van der Waals surface area contributed by atoms with E-state index < -0.39 is 12.0 Å². The van der Waals surface area contributed by atoms with E-state index >= 15 is 0 Å². The number of hydrogen-bond acceptors (Lipinski definition) is 5. The van der Waals surface area contributed by atoms with Crippen LogP contribution in [0.5, 0.6) is 0 Å². The summed E-state index contributed by atoms with van der Waals surface area (Å²) in [6, 6.07) is -0.960. The molecule has 0 aliphatic rings. The Morgan fingerprint density at radius 3 is 3.00 bits per heavy atom. The van der Waals surface area contributed by atoms with Crippen LogP contribution >= 0.6 is 0 Å². The first-order chi connectivity index (χ1) is 5.20. The van der Waals surface area contributed by atoms with Gasteiger partial charge in [0.2, 0.25) is 0 Å². The van der Waals surface area contributed by atoms with Crippen LogP contribution in [0.2, 0.25) is 0 Å². The number of carbonyl (C=O) groups is 1. The van der Waals surface area contributed by atoms with Gasteiger partial charge in [-0.2, -0.15) is 0 Å². The lowest BCUT2D eigenvalue weighted by atomic mass is 10.3. The minimum atomic E-state index is -1.07. The average molecular weight is 157 g/mol. The van der Waals surface area contributed by atoms with Gasteiger partial charge in [-0.3, -0.25) is 4.79 Å². The zero-order valence-electron chi connectivity index (χ0n) is 5.58. The largest absolute Gasteiger partial charge is 0.480 e. The van der Waals surface area contributed by atoms with E-state index in [1.54, 1.807) is 0 Å². The van der Waals surface area contributed by atoms with E-state index in [1.807, 2.05) is 0 Å². The van der Waals surface area contributed by atoms with Gasteiger partial charge in [-0.05, 0) is 10.4 Å². The summed E-state index contributed by atoms with van der Waals surface area (Å²) in [6.45, 7) is 0.0856. The minimum Gasteiger partial charge on any atom is -0.480 e. The SMILES string of the molecule is NC(Cn1cnnn1)C(=O)O. The van der Waals surface area contributed by atoms with Crippen molar-refractivity contribution in [1.82, 2.24) is 20.2 Å². The Labute approximate surface area is 61.8 Å². The summed E-state index contributed by atoms with van der Waals surface area (Å²) in [4.78, 5) is 10.2. The van der Waals surface area contributed by atoms with E-state index in [0.717, 1.165) is 0 Å². The third-order valence-electron chi connectivity index (χ3n) is 1.09. The molecule has 0 saturated heterocycles. The highest BCUT2D eigenvalue weighted by Gasteiger charge is 2.11. The monoisotopic (exact) mass is 157 g/mol. The smallest absolute Gasteiger partial charge is 0.322 e. The van der Waals surface area contributed by atoms with Crippen molar-refractivity contribution in [3.8, 4) is 0 Å². The molecule has 0 spiro atoms. The molecule has 0 bridgehead atoms. The molecule has 0 aliphatic carbocycles. The quantitative estimate of drug-likeness (QED) is 0.529. The molecule has 0 radical (unpaired) electrons. The van der Waals surface area contributed by atoms with E-state index in [9.17, 15) is 4.79 Å². The van der Waals surface area contributed by atoms with Crippen LogP contribution in [-0.4, -0.2) is 37.3 Å². The molecule has 7 heteroatoms. The fourth-order valence-electron chi connectivity index (χ4n) is 0.544. The molecule has 0 aliphatic heterocycles. The van der Waals surface area contributed by atoms with Crippen molar-refractivity contribution >= 4 is 5.97 Å². The number of nitrogens with zero attached hydrogens (tertiary/aromatic N) is 4. The zero-order chi connectivity index (χ0) is 8.27. The second kappa shape index (κ2) is 3.06. The Morgan fingerprint density at radius 1 is 1.82 bits per heavy atom. The third kappa shape index (κ3) is 1.97. The number of aliphatic carboxylic acids is 1. The average Bonchev–Trinajstić information content (AvgIpc) is 2.39. The van der Waals surface area contributed by atoms with Crippen molar-refractivity contribution in [1.29, 1.82) is 0 Å². The standard InChI is InChI=1S/C4H7N5O2/c5-3(4(10)11)1-9-2-6-7-8-9/h2-3H,1,5H2,(H,10,11). The van der Waals surface area contributed by atoms with Crippen LogP contribution in [0.4, 0.5) is 0 Å². The van der Waals surface area contributed by atoms with Crippen LogP contribution in [0.1, 0.15) is 0 Å². The topological polar surface area (TPSA) is 107 Å². The van der Waals surface area contributed by atoms with E-state index in [2.05, 4.69) is 15.5 Å². The highest BCUT2D eigenvalue weighted by Crippen LogP contribution is 1.84. The van der Waals surface area contributed by atoms with Gasteiger partial charge in [0.1, 0.15) is 12.4 Å². The molecule has 1 aromatic rings. The number of carboxylic acids is 1. The first kappa shape index (κ1) is 7.61. The molecule has 0 aromatic carbocycles. The summed E-state index contributed by atoms with van der Waals surface area (Å²) in [7, 11) is 0. The fourth-order valence-corrected chi connectivity index (χ4v) is 0.544. The Hall–Kier alpha value is -1.50. The maximum Gasteiger partial charge on any atom is 0.322 e.